The topological polar surface area (TPSA) is 99.9 Å². The van der Waals surface area contributed by atoms with Gasteiger partial charge < -0.3 is 9.80 Å². The predicted molar refractivity (Wildman–Crippen MR) is 131 cm³/mol. The highest BCUT2D eigenvalue weighted by molar-refractivity contribution is 5.92. The van der Waals surface area contributed by atoms with Crippen LogP contribution in [-0.2, 0) is 20.8 Å². The van der Waals surface area contributed by atoms with Gasteiger partial charge in [-0.05, 0) is 44.4 Å². The molecule has 1 saturated heterocycles. The summed E-state index contributed by atoms with van der Waals surface area (Å²) in [5, 5.41) is 7.28. The molecule has 1 aliphatic heterocycles. The molecule has 1 aliphatic carbocycles. The molecule has 5 rings (SSSR count). The fraction of sp³-hybridized carbons (Fsp3) is 0.423. The van der Waals surface area contributed by atoms with Gasteiger partial charge in [-0.2, -0.15) is 4.98 Å². The van der Waals surface area contributed by atoms with Gasteiger partial charge in [0.2, 0.25) is 23.7 Å². The van der Waals surface area contributed by atoms with Crippen molar-refractivity contribution in [3.05, 3.63) is 48.0 Å². The van der Waals surface area contributed by atoms with Gasteiger partial charge in [-0.15, -0.1) is 5.10 Å². The number of carbonyl (C=O) groups excluding carboxylic acids is 3. The number of benzene rings is 1. The molecule has 2 aliphatic rings. The maximum absolute atomic E-state index is 12.7. The van der Waals surface area contributed by atoms with Crippen LogP contribution in [0.25, 0.3) is 16.9 Å². The van der Waals surface area contributed by atoms with Crippen molar-refractivity contribution in [3.8, 4) is 11.3 Å². The summed E-state index contributed by atoms with van der Waals surface area (Å²) in [4.78, 5) is 45.2. The molecule has 1 saturated carbocycles. The number of anilines is 1. The van der Waals surface area contributed by atoms with E-state index in [9.17, 15) is 14.4 Å². The van der Waals surface area contributed by atoms with Crippen LogP contribution in [0, 0.1) is 11.8 Å². The zero-order valence-electron chi connectivity index (χ0n) is 20.1. The molecule has 1 aromatic carbocycles. The zero-order chi connectivity index (χ0) is 24.5. The first-order valence-electron chi connectivity index (χ1n) is 12.3. The maximum Gasteiger partial charge on any atom is 0.249 e. The number of hydrogen-bond donors (Lipinski definition) is 1. The molecule has 3 aromatic rings. The number of carbonyl (C=O) groups is 3. The minimum atomic E-state index is -0.0802. The lowest BCUT2D eigenvalue weighted by Gasteiger charge is -2.40. The molecule has 0 radical (unpaired) electrons. The van der Waals surface area contributed by atoms with Gasteiger partial charge in [0.05, 0.1) is 18.0 Å². The molecule has 0 unspecified atom stereocenters. The average molecular weight is 475 g/mol. The van der Waals surface area contributed by atoms with Crippen molar-refractivity contribution in [2.45, 2.75) is 33.1 Å². The Morgan fingerprint density at radius 2 is 1.71 bits per heavy atom. The molecule has 0 bridgehead atoms. The number of fused-ring (bicyclic) bond motifs is 1. The van der Waals surface area contributed by atoms with Crippen LogP contribution < -0.4 is 5.32 Å². The Kier molecular flexibility index (Phi) is 6.23. The van der Waals surface area contributed by atoms with Crippen LogP contribution in [0.4, 0.5) is 5.95 Å². The molecule has 2 aromatic heterocycles. The molecule has 9 heteroatoms. The summed E-state index contributed by atoms with van der Waals surface area (Å²) in [5.41, 5.74) is 3.35. The van der Waals surface area contributed by atoms with Gasteiger partial charge in [0.1, 0.15) is 0 Å². The van der Waals surface area contributed by atoms with Crippen LogP contribution in [0.2, 0.25) is 0 Å². The van der Waals surface area contributed by atoms with Crippen molar-refractivity contribution in [2.75, 3.05) is 31.5 Å². The van der Waals surface area contributed by atoms with E-state index in [2.05, 4.69) is 15.4 Å². The van der Waals surface area contributed by atoms with Crippen LogP contribution in [0.15, 0.2) is 42.5 Å². The first-order chi connectivity index (χ1) is 17.0. The highest BCUT2D eigenvalue weighted by Crippen LogP contribution is 2.30. The number of rotatable bonds is 8. The molecule has 35 heavy (non-hydrogen) atoms. The monoisotopic (exact) mass is 474 g/mol. The van der Waals surface area contributed by atoms with E-state index in [4.69, 9.17) is 0 Å². The van der Waals surface area contributed by atoms with Gasteiger partial charge in [0.25, 0.3) is 0 Å². The maximum atomic E-state index is 12.7. The number of nitrogens with zero attached hydrogens (tertiary/aromatic N) is 5. The van der Waals surface area contributed by atoms with Gasteiger partial charge in [0.15, 0.2) is 5.65 Å². The van der Waals surface area contributed by atoms with E-state index in [0.717, 1.165) is 29.7 Å². The minimum Gasteiger partial charge on any atom is -0.343 e. The van der Waals surface area contributed by atoms with Gasteiger partial charge in [-0.1, -0.05) is 30.3 Å². The Balaban J connectivity index is 1.22. The van der Waals surface area contributed by atoms with E-state index in [1.807, 2.05) is 61.2 Å². The van der Waals surface area contributed by atoms with Gasteiger partial charge in [-0.3, -0.25) is 19.7 Å². The van der Waals surface area contributed by atoms with Crippen molar-refractivity contribution in [3.63, 3.8) is 0 Å². The fourth-order valence-electron chi connectivity index (χ4n) is 4.45. The molecule has 0 atom stereocenters. The highest BCUT2D eigenvalue weighted by Gasteiger charge is 2.37. The van der Waals surface area contributed by atoms with Crippen molar-refractivity contribution < 1.29 is 14.4 Å². The Hall–Kier alpha value is -3.75. The molecular formula is C26H30N6O3. The second-order valence-corrected chi connectivity index (χ2v) is 9.26. The summed E-state index contributed by atoms with van der Waals surface area (Å²) in [6, 6.07) is 13.5. The predicted octanol–water partition coefficient (Wildman–Crippen LogP) is 2.61. The third kappa shape index (κ3) is 4.76. The number of amides is 3. The van der Waals surface area contributed by atoms with Gasteiger partial charge >= 0.3 is 0 Å². The van der Waals surface area contributed by atoms with Crippen LogP contribution in [0.5, 0.6) is 0 Å². The number of pyridine rings is 1. The quantitative estimate of drug-likeness (QED) is 0.541. The van der Waals surface area contributed by atoms with Crippen molar-refractivity contribution >= 4 is 29.3 Å². The lowest BCUT2D eigenvalue weighted by Crippen LogP contribution is -2.56. The summed E-state index contributed by atoms with van der Waals surface area (Å²) in [5.74, 6) is 0.465. The summed E-state index contributed by atoms with van der Waals surface area (Å²) >= 11 is 0. The molecule has 0 spiro atoms. The molecule has 3 heterocycles. The Morgan fingerprint density at radius 1 is 1.00 bits per heavy atom. The van der Waals surface area contributed by atoms with Crippen LogP contribution >= 0.6 is 0 Å². The number of nitrogens with one attached hydrogen (secondary N) is 1. The van der Waals surface area contributed by atoms with Gasteiger partial charge in [-0.25, -0.2) is 4.52 Å². The largest absolute Gasteiger partial charge is 0.343 e. The SMILES string of the molecule is CCN(CC)C(=O)C1CN(C(=O)Cc2ccc(-c3cccc4nc(NC(=O)C5CC5)nn34)cc2)C1. The Morgan fingerprint density at radius 3 is 2.37 bits per heavy atom. The number of aromatic nitrogens is 3. The van der Waals surface area contributed by atoms with Crippen molar-refractivity contribution in [1.29, 1.82) is 0 Å². The second-order valence-electron chi connectivity index (χ2n) is 9.26. The average Bonchev–Trinajstić information content (AvgIpc) is 3.59. The first kappa shape index (κ1) is 23.0. The van der Waals surface area contributed by atoms with E-state index in [0.29, 0.717) is 44.2 Å². The molecule has 182 valence electrons. The molecule has 1 N–H and O–H groups in total. The molecule has 3 amide bonds. The highest BCUT2D eigenvalue weighted by atomic mass is 16.2. The fourth-order valence-corrected chi connectivity index (χ4v) is 4.45. The van der Waals surface area contributed by atoms with Gasteiger partial charge in [0, 0.05) is 37.7 Å². The van der Waals surface area contributed by atoms with E-state index in [1.54, 1.807) is 9.42 Å². The van der Waals surface area contributed by atoms with E-state index in [1.165, 1.54) is 0 Å². The number of hydrogen-bond acceptors (Lipinski definition) is 5. The van der Waals surface area contributed by atoms with Crippen LogP contribution in [0.3, 0.4) is 0 Å². The minimum absolute atomic E-state index is 0.0255. The summed E-state index contributed by atoms with van der Waals surface area (Å²) in [6.45, 7) is 6.35. The zero-order valence-corrected chi connectivity index (χ0v) is 20.1. The number of likely N-dealkylation sites (tertiary alicyclic amines) is 1. The third-order valence-corrected chi connectivity index (χ3v) is 6.81. The van der Waals surface area contributed by atoms with Crippen molar-refractivity contribution in [2.24, 2.45) is 11.8 Å². The molecule has 9 nitrogen and oxygen atoms in total. The normalized spacial score (nSPS) is 15.7. The Labute approximate surface area is 204 Å². The third-order valence-electron chi connectivity index (χ3n) is 6.81. The summed E-state index contributed by atoms with van der Waals surface area (Å²) < 4.78 is 1.72. The first-order valence-corrected chi connectivity index (χ1v) is 12.3. The smallest absolute Gasteiger partial charge is 0.249 e. The van der Waals surface area contributed by atoms with E-state index < -0.39 is 0 Å². The van der Waals surface area contributed by atoms with E-state index >= 15 is 0 Å². The molecule has 2 fully saturated rings. The standard InChI is InChI=1S/C26H30N6O3/c1-3-30(4-2)25(35)20-15-31(16-20)23(33)14-17-8-10-18(11-9-17)21-6-5-7-22-27-26(29-32(21)22)28-24(34)19-12-13-19/h5-11,19-20H,3-4,12-16H2,1-2H3,(H,28,29,34). The van der Waals surface area contributed by atoms with E-state index in [-0.39, 0.29) is 29.6 Å². The summed E-state index contributed by atoms with van der Waals surface area (Å²) in [7, 11) is 0. The molecular weight excluding hydrogens is 444 g/mol. The lowest BCUT2D eigenvalue weighted by atomic mass is 9.97. The van der Waals surface area contributed by atoms with Crippen molar-refractivity contribution in [1.82, 2.24) is 24.4 Å². The lowest BCUT2D eigenvalue weighted by molar-refractivity contribution is -0.147. The van der Waals surface area contributed by atoms with Crippen LogP contribution in [-0.4, -0.2) is 68.3 Å². The van der Waals surface area contributed by atoms with Crippen LogP contribution in [0.1, 0.15) is 32.3 Å². The summed E-state index contributed by atoms with van der Waals surface area (Å²) in [6.07, 6.45) is 2.15. The Bertz CT molecular complexity index is 1250. The second kappa shape index (κ2) is 9.48.